The molecule has 0 saturated carbocycles. The van der Waals surface area contributed by atoms with Gasteiger partial charge in [0.05, 0.1) is 10.6 Å². The van der Waals surface area contributed by atoms with Gasteiger partial charge in [-0.1, -0.05) is 13.8 Å². The molecule has 8 nitrogen and oxygen atoms in total. The van der Waals surface area contributed by atoms with E-state index in [4.69, 9.17) is 9.47 Å². The van der Waals surface area contributed by atoms with Crippen LogP contribution in [0.5, 0.6) is 11.5 Å². The molecule has 0 aliphatic carbocycles. The number of carbonyl (C=O) groups is 1. The third-order valence-electron chi connectivity index (χ3n) is 5.02. The van der Waals surface area contributed by atoms with E-state index in [9.17, 15) is 13.2 Å². The van der Waals surface area contributed by atoms with Crippen LogP contribution in [-0.4, -0.2) is 49.9 Å². The monoisotopic (exact) mass is 473 g/mol. The van der Waals surface area contributed by atoms with Crippen LogP contribution < -0.4 is 14.8 Å². The molecule has 1 N–H and O–H groups in total. The minimum atomic E-state index is -3.56. The molecule has 1 aliphatic heterocycles. The van der Waals surface area contributed by atoms with Crippen molar-refractivity contribution in [3.8, 4) is 22.8 Å². The van der Waals surface area contributed by atoms with Crippen molar-refractivity contribution < 1.29 is 22.7 Å². The highest BCUT2D eigenvalue weighted by molar-refractivity contribution is 7.89. The van der Waals surface area contributed by atoms with Gasteiger partial charge in [0.2, 0.25) is 10.0 Å². The van der Waals surface area contributed by atoms with Gasteiger partial charge in [-0.2, -0.15) is 4.31 Å². The van der Waals surface area contributed by atoms with Crippen LogP contribution in [-0.2, 0) is 10.0 Å². The van der Waals surface area contributed by atoms with Gasteiger partial charge in [-0.25, -0.2) is 13.4 Å². The number of aromatic nitrogens is 1. The first kappa shape index (κ1) is 22.3. The summed E-state index contributed by atoms with van der Waals surface area (Å²) in [4.78, 5) is 17.3. The first-order chi connectivity index (χ1) is 15.4. The van der Waals surface area contributed by atoms with Crippen LogP contribution >= 0.6 is 11.3 Å². The van der Waals surface area contributed by atoms with Crippen molar-refractivity contribution in [3.63, 3.8) is 0 Å². The predicted octanol–water partition coefficient (Wildman–Crippen LogP) is 3.86. The minimum absolute atomic E-state index is 0.160. The van der Waals surface area contributed by atoms with Crippen LogP contribution in [0.2, 0.25) is 0 Å². The topological polar surface area (TPSA) is 97.8 Å². The zero-order valence-electron chi connectivity index (χ0n) is 17.7. The number of ether oxygens (including phenoxy) is 2. The summed E-state index contributed by atoms with van der Waals surface area (Å²) >= 11 is 1.30. The number of nitrogens with zero attached hydrogens (tertiary/aromatic N) is 2. The second-order valence-electron chi connectivity index (χ2n) is 6.96. The van der Waals surface area contributed by atoms with Crippen molar-refractivity contribution in [2.24, 2.45) is 0 Å². The molecule has 10 heteroatoms. The van der Waals surface area contributed by atoms with Crippen LogP contribution in [0.4, 0.5) is 5.13 Å². The number of amides is 1. The molecular formula is C22H23N3O5S2. The van der Waals surface area contributed by atoms with E-state index >= 15 is 0 Å². The van der Waals surface area contributed by atoms with E-state index in [1.54, 1.807) is 13.8 Å². The summed E-state index contributed by atoms with van der Waals surface area (Å²) in [6.45, 7) is 5.38. The summed E-state index contributed by atoms with van der Waals surface area (Å²) < 4.78 is 37.7. The Hall–Kier alpha value is -2.95. The molecule has 0 radical (unpaired) electrons. The Kier molecular flexibility index (Phi) is 6.45. The van der Waals surface area contributed by atoms with Gasteiger partial charge >= 0.3 is 0 Å². The summed E-state index contributed by atoms with van der Waals surface area (Å²) in [6.07, 6.45) is 0. The molecule has 3 aromatic rings. The molecule has 1 aromatic heterocycles. The summed E-state index contributed by atoms with van der Waals surface area (Å²) in [5.74, 6) is 1.02. The summed E-state index contributed by atoms with van der Waals surface area (Å²) in [5, 5.41) is 5.06. The zero-order valence-corrected chi connectivity index (χ0v) is 19.3. The molecule has 0 spiro atoms. The Morgan fingerprint density at radius 1 is 1.06 bits per heavy atom. The fourth-order valence-corrected chi connectivity index (χ4v) is 5.50. The van der Waals surface area contributed by atoms with Gasteiger partial charge in [-0.3, -0.25) is 10.1 Å². The number of nitrogens with one attached hydrogen (secondary N) is 1. The number of hydrogen-bond donors (Lipinski definition) is 1. The van der Waals surface area contributed by atoms with Crippen molar-refractivity contribution in [2.45, 2.75) is 18.7 Å². The molecule has 0 unspecified atom stereocenters. The van der Waals surface area contributed by atoms with Crippen molar-refractivity contribution in [1.29, 1.82) is 0 Å². The average molecular weight is 474 g/mol. The molecule has 168 valence electrons. The van der Waals surface area contributed by atoms with Gasteiger partial charge < -0.3 is 9.47 Å². The number of rotatable bonds is 7. The lowest BCUT2D eigenvalue weighted by molar-refractivity contribution is 0.102. The fourth-order valence-electron chi connectivity index (χ4n) is 3.33. The van der Waals surface area contributed by atoms with Crippen LogP contribution in [0, 0.1) is 0 Å². The molecule has 2 heterocycles. The standard InChI is InChI=1S/C22H23N3O5S2/c1-3-25(4-2)32(27,28)17-8-5-15(6-9-17)21(26)24-22-23-18(14-31-22)16-7-10-19-20(13-16)30-12-11-29-19/h5-10,13-14H,3-4,11-12H2,1-2H3,(H,23,24,26). The second kappa shape index (κ2) is 9.27. The molecule has 0 saturated heterocycles. The molecule has 0 atom stereocenters. The highest BCUT2D eigenvalue weighted by Gasteiger charge is 2.22. The van der Waals surface area contributed by atoms with Crippen LogP contribution in [0.3, 0.4) is 0 Å². The number of hydrogen-bond acceptors (Lipinski definition) is 7. The van der Waals surface area contributed by atoms with Crippen molar-refractivity contribution in [1.82, 2.24) is 9.29 Å². The van der Waals surface area contributed by atoms with Crippen molar-refractivity contribution >= 4 is 32.4 Å². The highest BCUT2D eigenvalue weighted by Crippen LogP contribution is 2.35. The number of benzene rings is 2. The molecule has 0 bridgehead atoms. The van der Waals surface area contributed by atoms with Gasteiger partial charge in [0.15, 0.2) is 16.6 Å². The number of thiazole rings is 1. The number of anilines is 1. The lowest BCUT2D eigenvalue weighted by atomic mass is 10.1. The molecule has 1 aliphatic rings. The van der Waals surface area contributed by atoms with E-state index in [0.29, 0.717) is 54.2 Å². The first-order valence-corrected chi connectivity index (χ1v) is 12.5. The van der Waals surface area contributed by atoms with Crippen molar-refractivity contribution in [2.75, 3.05) is 31.6 Å². The minimum Gasteiger partial charge on any atom is -0.486 e. The maximum atomic E-state index is 12.6. The van der Waals surface area contributed by atoms with Crippen LogP contribution in [0.25, 0.3) is 11.3 Å². The molecule has 2 aromatic carbocycles. The van der Waals surface area contributed by atoms with E-state index in [-0.39, 0.29) is 10.8 Å². The Bertz CT molecular complexity index is 1220. The molecule has 1 amide bonds. The Labute approximate surface area is 190 Å². The first-order valence-electron chi connectivity index (χ1n) is 10.2. The Balaban J connectivity index is 1.46. The highest BCUT2D eigenvalue weighted by atomic mass is 32.2. The average Bonchev–Trinajstić information content (AvgIpc) is 3.28. The van der Waals surface area contributed by atoms with Gasteiger partial charge in [0, 0.05) is 29.6 Å². The van der Waals surface area contributed by atoms with E-state index in [2.05, 4.69) is 10.3 Å². The SMILES string of the molecule is CCN(CC)S(=O)(=O)c1ccc(C(=O)Nc2nc(-c3ccc4c(c3)OCCO4)cs2)cc1. The summed E-state index contributed by atoms with van der Waals surface area (Å²) in [6, 6.07) is 11.5. The summed E-state index contributed by atoms with van der Waals surface area (Å²) in [5.41, 5.74) is 1.92. The quantitative estimate of drug-likeness (QED) is 0.560. The second-order valence-corrected chi connectivity index (χ2v) is 9.76. The summed E-state index contributed by atoms with van der Waals surface area (Å²) in [7, 11) is -3.56. The zero-order chi connectivity index (χ0) is 22.7. The van der Waals surface area contributed by atoms with Gasteiger partial charge in [-0.05, 0) is 42.5 Å². The lowest BCUT2D eigenvalue weighted by Crippen LogP contribution is -2.30. The molecule has 0 fully saturated rings. The number of sulfonamides is 1. The normalized spacial score (nSPS) is 13.2. The van der Waals surface area contributed by atoms with Crippen LogP contribution in [0.15, 0.2) is 52.7 Å². The molecular weight excluding hydrogens is 450 g/mol. The molecule has 4 rings (SSSR count). The molecule has 32 heavy (non-hydrogen) atoms. The van der Waals surface area contributed by atoms with Gasteiger partial charge in [0.25, 0.3) is 5.91 Å². The smallest absolute Gasteiger partial charge is 0.257 e. The fraction of sp³-hybridized carbons (Fsp3) is 0.273. The van der Waals surface area contributed by atoms with Gasteiger partial charge in [-0.15, -0.1) is 11.3 Å². The Morgan fingerprint density at radius 2 is 1.75 bits per heavy atom. The Morgan fingerprint density at radius 3 is 2.44 bits per heavy atom. The van der Waals surface area contributed by atoms with Crippen LogP contribution in [0.1, 0.15) is 24.2 Å². The van der Waals surface area contributed by atoms with Crippen molar-refractivity contribution in [3.05, 3.63) is 53.4 Å². The third kappa shape index (κ3) is 4.47. The van der Waals surface area contributed by atoms with E-state index in [0.717, 1.165) is 5.56 Å². The van der Waals surface area contributed by atoms with E-state index < -0.39 is 10.0 Å². The maximum absolute atomic E-state index is 12.6. The van der Waals surface area contributed by atoms with E-state index in [1.807, 2.05) is 23.6 Å². The number of fused-ring (bicyclic) bond motifs is 1. The van der Waals surface area contributed by atoms with Gasteiger partial charge in [0.1, 0.15) is 13.2 Å². The van der Waals surface area contributed by atoms with E-state index in [1.165, 1.54) is 39.9 Å². The lowest BCUT2D eigenvalue weighted by Gasteiger charge is -2.18. The largest absolute Gasteiger partial charge is 0.486 e. The third-order valence-corrected chi connectivity index (χ3v) is 7.84. The maximum Gasteiger partial charge on any atom is 0.257 e. The number of carbonyl (C=O) groups excluding carboxylic acids is 1. The predicted molar refractivity (Wildman–Crippen MR) is 123 cm³/mol.